The Labute approximate surface area is 184 Å². The molecule has 1 fully saturated rings. The van der Waals surface area contributed by atoms with Crippen molar-refractivity contribution in [3.05, 3.63) is 53.4 Å². The van der Waals surface area contributed by atoms with Crippen LogP contribution in [-0.4, -0.2) is 34.2 Å². The third-order valence-corrected chi connectivity index (χ3v) is 6.14. The van der Waals surface area contributed by atoms with Gasteiger partial charge in [0.2, 0.25) is 5.91 Å². The molecule has 2 aromatic heterocycles. The van der Waals surface area contributed by atoms with Gasteiger partial charge in [-0.15, -0.1) is 11.3 Å². The molecule has 3 aromatic rings. The summed E-state index contributed by atoms with van der Waals surface area (Å²) in [5, 5.41) is 15.7. The molecule has 0 radical (unpaired) electrons. The molecule has 0 aliphatic carbocycles. The number of thiophene rings is 1. The Bertz CT molecular complexity index is 1080. The van der Waals surface area contributed by atoms with E-state index in [-0.39, 0.29) is 30.4 Å². The van der Waals surface area contributed by atoms with E-state index in [1.807, 2.05) is 62.5 Å². The topological polar surface area (TPSA) is 97.3 Å². The summed E-state index contributed by atoms with van der Waals surface area (Å²) in [6.07, 6.45) is -0.569. The van der Waals surface area contributed by atoms with Crippen molar-refractivity contribution in [3.8, 4) is 16.3 Å². The first kappa shape index (κ1) is 21.1. The molecule has 0 bridgehead atoms. The molecule has 1 aromatic carbocycles. The number of aryl methyl sites for hydroxylation is 1. The van der Waals surface area contributed by atoms with Crippen LogP contribution in [0.1, 0.15) is 25.7 Å². The minimum Gasteiger partial charge on any atom is -0.484 e. The number of benzene rings is 1. The van der Waals surface area contributed by atoms with E-state index in [0.29, 0.717) is 17.3 Å². The molecule has 0 spiro atoms. The van der Waals surface area contributed by atoms with Crippen LogP contribution in [0.4, 0.5) is 5.82 Å². The highest BCUT2D eigenvalue weighted by molar-refractivity contribution is 7.13. The van der Waals surface area contributed by atoms with E-state index >= 15 is 0 Å². The number of carbonyl (C=O) groups excluding carboxylic acids is 2. The minimum absolute atomic E-state index is 0.0404. The smallest absolute Gasteiger partial charge is 0.263 e. The van der Waals surface area contributed by atoms with Gasteiger partial charge in [-0.25, -0.2) is 4.68 Å². The molecule has 1 saturated heterocycles. The van der Waals surface area contributed by atoms with Crippen LogP contribution in [-0.2, 0) is 9.59 Å². The van der Waals surface area contributed by atoms with Crippen LogP contribution in [0.25, 0.3) is 10.6 Å². The van der Waals surface area contributed by atoms with Crippen molar-refractivity contribution in [2.45, 2.75) is 33.1 Å². The molecule has 3 heterocycles. The van der Waals surface area contributed by atoms with Crippen LogP contribution >= 0.6 is 11.3 Å². The molecular formula is C22H25N5O3S. The number of hydrogen-bond acceptors (Lipinski definition) is 6. The number of ether oxygens (including phenoxy) is 1. The Morgan fingerprint density at radius 3 is 2.81 bits per heavy atom. The lowest BCUT2D eigenvalue weighted by Crippen LogP contribution is -2.57. The predicted octanol–water partition coefficient (Wildman–Crippen LogP) is 3.14. The highest BCUT2D eigenvalue weighted by Gasteiger charge is 2.32. The molecule has 8 nitrogen and oxygen atoms in total. The zero-order chi connectivity index (χ0) is 22.0. The maximum Gasteiger partial charge on any atom is 0.263 e. The highest BCUT2D eigenvalue weighted by Crippen LogP contribution is 2.28. The van der Waals surface area contributed by atoms with Gasteiger partial charge in [-0.1, -0.05) is 25.1 Å². The lowest BCUT2D eigenvalue weighted by Gasteiger charge is -2.34. The monoisotopic (exact) mass is 439 g/mol. The van der Waals surface area contributed by atoms with Gasteiger partial charge in [-0.3, -0.25) is 14.9 Å². The fourth-order valence-corrected chi connectivity index (χ4v) is 4.00. The molecular weight excluding hydrogens is 414 g/mol. The summed E-state index contributed by atoms with van der Waals surface area (Å²) < 4.78 is 7.21. The molecule has 2 amide bonds. The van der Waals surface area contributed by atoms with Crippen molar-refractivity contribution in [3.63, 3.8) is 0 Å². The summed E-state index contributed by atoms with van der Waals surface area (Å²) in [7, 11) is 0. The van der Waals surface area contributed by atoms with E-state index in [2.05, 4.69) is 21.0 Å². The van der Waals surface area contributed by atoms with E-state index < -0.39 is 6.29 Å². The van der Waals surface area contributed by atoms with E-state index in [9.17, 15) is 9.59 Å². The lowest BCUT2D eigenvalue weighted by molar-refractivity contribution is -0.130. The van der Waals surface area contributed by atoms with Crippen LogP contribution in [0.15, 0.2) is 47.8 Å². The quantitative estimate of drug-likeness (QED) is 0.548. The van der Waals surface area contributed by atoms with Crippen molar-refractivity contribution in [1.82, 2.24) is 20.4 Å². The number of aromatic nitrogens is 2. The van der Waals surface area contributed by atoms with Crippen LogP contribution in [0, 0.1) is 12.8 Å². The second-order valence-corrected chi connectivity index (χ2v) is 8.59. The van der Waals surface area contributed by atoms with Crippen molar-refractivity contribution in [2.24, 2.45) is 5.92 Å². The summed E-state index contributed by atoms with van der Waals surface area (Å²) in [5.41, 5.74) is 1.77. The van der Waals surface area contributed by atoms with Gasteiger partial charge in [0.05, 0.1) is 10.8 Å². The molecule has 0 saturated carbocycles. The third-order valence-electron chi connectivity index (χ3n) is 5.24. The summed E-state index contributed by atoms with van der Waals surface area (Å²) in [5.74, 6) is 0.561. The number of amides is 2. The molecule has 31 heavy (non-hydrogen) atoms. The lowest BCUT2D eigenvalue weighted by atomic mass is 10.0. The van der Waals surface area contributed by atoms with Gasteiger partial charge in [0.1, 0.15) is 17.3 Å². The van der Waals surface area contributed by atoms with Gasteiger partial charge in [0, 0.05) is 12.1 Å². The van der Waals surface area contributed by atoms with E-state index in [4.69, 9.17) is 4.74 Å². The van der Waals surface area contributed by atoms with E-state index in [1.54, 1.807) is 22.1 Å². The fourth-order valence-electron chi connectivity index (χ4n) is 3.32. The van der Waals surface area contributed by atoms with Crippen molar-refractivity contribution < 1.29 is 14.3 Å². The number of nitrogens with zero attached hydrogens (tertiary/aromatic N) is 2. The minimum atomic E-state index is -0.569. The number of anilines is 1. The van der Waals surface area contributed by atoms with Crippen molar-refractivity contribution in [1.29, 1.82) is 0 Å². The molecule has 3 N–H and O–H groups in total. The third kappa shape index (κ3) is 4.78. The second-order valence-electron chi connectivity index (χ2n) is 7.65. The largest absolute Gasteiger partial charge is 0.484 e. The fraction of sp³-hybridized carbons (Fsp3) is 0.318. The zero-order valence-corrected chi connectivity index (χ0v) is 18.4. The highest BCUT2D eigenvalue weighted by atomic mass is 32.1. The first-order chi connectivity index (χ1) is 14.9. The first-order valence-electron chi connectivity index (χ1n) is 10.1. The maximum atomic E-state index is 12.6. The van der Waals surface area contributed by atoms with Gasteiger partial charge in [0.25, 0.3) is 5.91 Å². The second kappa shape index (κ2) is 8.91. The average Bonchev–Trinajstić information content (AvgIpc) is 3.40. The Hall–Kier alpha value is -3.17. The van der Waals surface area contributed by atoms with Gasteiger partial charge < -0.3 is 15.4 Å². The van der Waals surface area contributed by atoms with Crippen molar-refractivity contribution >= 4 is 29.0 Å². The van der Waals surface area contributed by atoms with Gasteiger partial charge in [-0.05, 0) is 43.0 Å². The Balaban J connectivity index is 1.54. The predicted molar refractivity (Wildman–Crippen MR) is 120 cm³/mol. The summed E-state index contributed by atoms with van der Waals surface area (Å²) >= 11 is 1.55. The Kier molecular flexibility index (Phi) is 6.06. The molecule has 4 rings (SSSR count). The van der Waals surface area contributed by atoms with Crippen LogP contribution in [0.2, 0.25) is 0 Å². The SMILES string of the molecule is Cc1cccc(OCC(=O)Nc2cc(-c3cccs3)nn2C2NC(=O)C(C)C(C)N2)c1. The molecule has 162 valence electrons. The first-order valence-corrected chi connectivity index (χ1v) is 11.0. The number of rotatable bonds is 6. The zero-order valence-electron chi connectivity index (χ0n) is 17.6. The molecule has 3 unspecified atom stereocenters. The van der Waals surface area contributed by atoms with Crippen LogP contribution in [0.5, 0.6) is 5.75 Å². The van der Waals surface area contributed by atoms with Crippen LogP contribution < -0.4 is 20.7 Å². The van der Waals surface area contributed by atoms with E-state index in [1.165, 1.54) is 0 Å². The normalized spacial score (nSPS) is 20.9. The van der Waals surface area contributed by atoms with Crippen LogP contribution in [0.3, 0.4) is 0 Å². The number of hydrogen-bond donors (Lipinski definition) is 3. The van der Waals surface area contributed by atoms with Gasteiger partial charge in [-0.2, -0.15) is 5.10 Å². The van der Waals surface area contributed by atoms with Crippen molar-refractivity contribution in [2.75, 3.05) is 11.9 Å². The molecule has 3 atom stereocenters. The molecule has 1 aliphatic heterocycles. The Morgan fingerprint density at radius 1 is 1.26 bits per heavy atom. The summed E-state index contributed by atoms with van der Waals surface area (Å²) in [6, 6.07) is 13.2. The van der Waals surface area contributed by atoms with Gasteiger partial charge >= 0.3 is 0 Å². The maximum absolute atomic E-state index is 12.6. The Morgan fingerprint density at radius 2 is 2.10 bits per heavy atom. The summed E-state index contributed by atoms with van der Waals surface area (Å²) in [4.78, 5) is 25.9. The molecule has 9 heteroatoms. The van der Waals surface area contributed by atoms with E-state index in [0.717, 1.165) is 10.4 Å². The summed E-state index contributed by atoms with van der Waals surface area (Å²) in [6.45, 7) is 5.65. The number of nitrogens with one attached hydrogen (secondary N) is 3. The average molecular weight is 440 g/mol. The number of carbonyl (C=O) groups is 2. The molecule has 1 aliphatic rings. The van der Waals surface area contributed by atoms with Gasteiger partial charge in [0.15, 0.2) is 12.9 Å². The standard InChI is InChI=1S/C22H25N5O3S/c1-13-6-4-7-16(10-13)30-12-20(28)24-19-11-17(18-8-5-9-31-18)26-27(19)22-23-15(3)14(2)21(29)25-22/h4-11,14-15,22-23H,12H2,1-3H3,(H,24,28)(H,25,29).